The third-order valence-corrected chi connectivity index (χ3v) is 9.14. The molecular formula is C33H33ClFN5O3S. The number of hydrogen-bond acceptors (Lipinski definition) is 8. The van der Waals surface area contributed by atoms with Gasteiger partial charge in [0.15, 0.2) is 16.7 Å². The number of methoxy groups -OCH3 is 2. The molecule has 0 atom stereocenters. The number of halogens is 2. The topological polar surface area (TPSA) is 71.0 Å². The van der Waals surface area contributed by atoms with Crippen molar-refractivity contribution in [1.82, 2.24) is 14.9 Å². The van der Waals surface area contributed by atoms with Crippen LogP contribution in [0.3, 0.4) is 0 Å². The second kappa shape index (κ2) is 13.3. The van der Waals surface area contributed by atoms with Gasteiger partial charge >= 0.3 is 0 Å². The van der Waals surface area contributed by atoms with Gasteiger partial charge in [-0.2, -0.15) is 0 Å². The Kier molecular flexibility index (Phi) is 9.09. The first-order chi connectivity index (χ1) is 21.4. The molecule has 1 amide bonds. The van der Waals surface area contributed by atoms with E-state index >= 15 is 0 Å². The summed E-state index contributed by atoms with van der Waals surface area (Å²) in [6.45, 7) is 3.76. The van der Waals surface area contributed by atoms with Crippen LogP contribution in [0.15, 0.2) is 71.9 Å². The minimum atomic E-state index is -0.236. The van der Waals surface area contributed by atoms with E-state index < -0.39 is 0 Å². The smallest absolute Gasteiger partial charge is 0.253 e. The fraction of sp³-hybridized carbons (Fsp3) is 0.303. The molecule has 3 aromatic carbocycles. The maximum atomic E-state index is 14.2. The molecule has 11 heteroatoms. The summed E-state index contributed by atoms with van der Waals surface area (Å²) in [5.41, 5.74) is 4.67. The van der Waals surface area contributed by atoms with Gasteiger partial charge in [0.25, 0.3) is 5.91 Å². The largest absolute Gasteiger partial charge is 0.493 e. The highest BCUT2D eigenvalue weighted by atomic mass is 35.5. The summed E-state index contributed by atoms with van der Waals surface area (Å²) in [5, 5.41) is 0.991. The van der Waals surface area contributed by atoms with Crippen LogP contribution in [-0.4, -0.2) is 67.7 Å². The molecule has 0 saturated carbocycles. The number of nitrogens with zero attached hydrogens (tertiary/aromatic N) is 5. The molecule has 0 radical (unpaired) electrons. The highest BCUT2D eigenvalue weighted by Crippen LogP contribution is 2.35. The van der Waals surface area contributed by atoms with Crippen molar-refractivity contribution in [3.05, 3.63) is 100.0 Å². The van der Waals surface area contributed by atoms with Gasteiger partial charge in [-0.15, -0.1) is 0 Å². The first kappa shape index (κ1) is 30.0. The van der Waals surface area contributed by atoms with E-state index in [1.807, 2.05) is 52.3 Å². The third-order valence-electron chi connectivity index (χ3n) is 8.03. The van der Waals surface area contributed by atoms with Gasteiger partial charge < -0.3 is 24.2 Å². The molecular weight excluding hydrogens is 601 g/mol. The zero-order valence-corrected chi connectivity index (χ0v) is 26.2. The molecule has 228 valence electrons. The Labute approximate surface area is 265 Å². The van der Waals surface area contributed by atoms with E-state index in [9.17, 15) is 9.18 Å². The average molecular weight is 634 g/mol. The Morgan fingerprint density at radius 2 is 1.59 bits per heavy atom. The molecule has 0 unspecified atom stereocenters. The molecule has 1 aromatic heterocycles. The molecule has 2 aliphatic heterocycles. The molecule has 6 rings (SSSR count). The van der Waals surface area contributed by atoms with Crippen LogP contribution in [0.4, 0.5) is 15.9 Å². The standard InChI is InChI=1S/C33H33ClFN5O3S/c1-42-28-17-24-11-12-40(20-25(24)18-29(28)43-2)31-19-30(34)36-33(37-31)44-21-22-7-9-23(10-8-22)32(41)39-15-13-38(14-16-39)27-6-4-3-5-26(27)35/h3-10,17-19H,11-16,20-21H2,1-2H3. The lowest BCUT2D eigenvalue weighted by Gasteiger charge is -2.36. The van der Waals surface area contributed by atoms with Crippen molar-refractivity contribution in [2.24, 2.45) is 0 Å². The SMILES string of the molecule is COc1cc2c(cc1OC)CN(c1cc(Cl)nc(SCc3ccc(C(=O)N4CCN(c5ccccc5F)CC4)cc3)n1)CC2. The van der Waals surface area contributed by atoms with E-state index in [2.05, 4.69) is 9.88 Å². The van der Waals surface area contributed by atoms with Crippen molar-refractivity contribution in [1.29, 1.82) is 0 Å². The van der Waals surface area contributed by atoms with Crippen LogP contribution >= 0.6 is 23.4 Å². The van der Waals surface area contributed by atoms with Crippen molar-refractivity contribution < 1.29 is 18.7 Å². The van der Waals surface area contributed by atoms with Gasteiger partial charge in [-0.05, 0) is 59.5 Å². The number of ether oxygens (including phenoxy) is 2. The number of para-hydroxylation sites is 1. The van der Waals surface area contributed by atoms with Crippen LogP contribution in [0.5, 0.6) is 11.5 Å². The van der Waals surface area contributed by atoms with E-state index in [-0.39, 0.29) is 11.7 Å². The Morgan fingerprint density at radius 1 is 0.886 bits per heavy atom. The molecule has 1 saturated heterocycles. The Morgan fingerprint density at radius 3 is 2.30 bits per heavy atom. The summed E-state index contributed by atoms with van der Waals surface area (Å²) in [6.07, 6.45) is 0.853. The third kappa shape index (κ3) is 6.56. The molecule has 0 spiro atoms. The molecule has 0 aliphatic carbocycles. The summed E-state index contributed by atoms with van der Waals surface area (Å²) < 4.78 is 25.1. The first-order valence-electron chi connectivity index (χ1n) is 14.5. The molecule has 0 N–H and O–H groups in total. The van der Waals surface area contributed by atoms with Crippen molar-refractivity contribution in [2.45, 2.75) is 23.9 Å². The van der Waals surface area contributed by atoms with Gasteiger partial charge in [0.05, 0.1) is 19.9 Å². The van der Waals surface area contributed by atoms with Crippen LogP contribution in [0.2, 0.25) is 5.15 Å². The maximum Gasteiger partial charge on any atom is 0.253 e. The van der Waals surface area contributed by atoms with Crippen LogP contribution in [0, 0.1) is 5.82 Å². The number of carbonyl (C=O) groups excluding carboxylic acids is 1. The molecule has 1 fully saturated rings. The molecule has 3 heterocycles. The second-order valence-electron chi connectivity index (χ2n) is 10.7. The Balaban J connectivity index is 1.06. The van der Waals surface area contributed by atoms with Gasteiger partial charge in [0.1, 0.15) is 16.8 Å². The molecule has 2 aliphatic rings. The van der Waals surface area contributed by atoms with Gasteiger partial charge in [0, 0.05) is 56.7 Å². The van der Waals surface area contributed by atoms with Crippen LogP contribution in [-0.2, 0) is 18.7 Å². The maximum absolute atomic E-state index is 14.2. The van der Waals surface area contributed by atoms with Crippen molar-refractivity contribution in [3.8, 4) is 11.5 Å². The van der Waals surface area contributed by atoms with Crippen LogP contribution in [0.1, 0.15) is 27.0 Å². The first-order valence-corrected chi connectivity index (χ1v) is 15.8. The summed E-state index contributed by atoms with van der Waals surface area (Å²) in [5.74, 6) is 2.61. The fourth-order valence-electron chi connectivity index (χ4n) is 5.62. The van der Waals surface area contributed by atoms with Gasteiger partial charge in [0.2, 0.25) is 0 Å². The number of fused-ring (bicyclic) bond motifs is 1. The normalized spacial score (nSPS) is 14.8. The summed E-state index contributed by atoms with van der Waals surface area (Å²) >= 11 is 7.93. The number of hydrogen-bond donors (Lipinski definition) is 0. The molecule has 8 nitrogen and oxygen atoms in total. The number of rotatable bonds is 8. The minimum absolute atomic E-state index is 0.0145. The fourth-order valence-corrected chi connectivity index (χ4v) is 6.66. The molecule has 44 heavy (non-hydrogen) atoms. The lowest BCUT2D eigenvalue weighted by Crippen LogP contribution is -2.49. The molecule has 0 bridgehead atoms. The number of thioether (sulfide) groups is 1. The average Bonchev–Trinajstić information content (AvgIpc) is 3.06. The minimum Gasteiger partial charge on any atom is -0.493 e. The second-order valence-corrected chi connectivity index (χ2v) is 12.0. The van der Waals surface area contributed by atoms with Gasteiger partial charge in [-0.25, -0.2) is 14.4 Å². The predicted octanol–water partition coefficient (Wildman–Crippen LogP) is 6.10. The number of piperazine rings is 1. The van der Waals surface area contributed by atoms with E-state index in [4.69, 9.17) is 26.1 Å². The Bertz CT molecular complexity index is 1650. The van der Waals surface area contributed by atoms with Crippen molar-refractivity contribution in [3.63, 3.8) is 0 Å². The highest BCUT2D eigenvalue weighted by molar-refractivity contribution is 7.98. The van der Waals surface area contributed by atoms with Gasteiger partial charge in [-0.1, -0.05) is 47.6 Å². The number of benzene rings is 3. The molecule has 4 aromatic rings. The summed E-state index contributed by atoms with van der Waals surface area (Å²) in [7, 11) is 3.29. The summed E-state index contributed by atoms with van der Waals surface area (Å²) in [4.78, 5) is 28.4. The lowest BCUT2D eigenvalue weighted by molar-refractivity contribution is 0.0746. The monoisotopic (exact) mass is 633 g/mol. The number of aromatic nitrogens is 2. The predicted molar refractivity (Wildman–Crippen MR) is 172 cm³/mol. The number of carbonyl (C=O) groups is 1. The zero-order valence-electron chi connectivity index (χ0n) is 24.6. The van der Waals surface area contributed by atoms with E-state index in [1.165, 1.54) is 29.0 Å². The number of amides is 1. The van der Waals surface area contributed by atoms with Crippen molar-refractivity contribution >= 4 is 40.8 Å². The Hall–Kier alpha value is -4.02. The van der Waals surface area contributed by atoms with E-state index in [0.717, 1.165) is 30.1 Å². The van der Waals surface area contributed by atoms with E-state index in [1.54, 1.807) is 32.4 Å². The zero-order chi connectivity index (χ0) is 30.6. The lowest BCUT2D eigenvalue weighted by atomic mass is 9.99. The van der Waals surface area contributed by atoms with Crippen molar-refractivity contribution in [2.75, 3.05) is 56.7 Å². The summed E-state index contributed by atoms with van der Waals surface area (Å²) in [6, 6.07) is 20.3. The number of anilines is 2. The van der Waals surface area contributed by atoms with E-state index in [0.29, 0.717) is 65.8 Å². The highest BCUT2D eigenvalue weighted by Gasteiger charge is 2.24. The van der Waals surface area contributed by atoms with Gasteiger partial charge in [-0.3, -0.25) is 4.79 Å². The van der Waals surface area contributed by atoms with Crippen LogP contribution < -0.4 is 19.3 Å². The van der Waals surface area contributed by atoms with Crippen LogP contribution in [0.25, 0.3) is 0 Å². The quantitative estimate of drug-likeness (QED) is 0.131.